The number of para-hydroxylation sites is 1. The molecule has 49 heavy (non-hydrogen) atoms. The largest absolute Gasteiger partial charge is 0.456 e. The van der Waals surface area contributed by atoms with Crippen LogP contribution >= 0.6 is 0 Å². The van der Waals surface area contributed by atoms with Crippen molar-refractivity contribution in [2.45, 2.75) is 38.5 Å². The highest BCUT2D eigenvalue weighted by atomic mass is 16.3. The van der Waals surface area contributed by atoms with Gasteiger partial charge in [0.1, 0.15) is 11.2 Å². The van der Waals surface area contributed by atoms with E-state index >= 15 is 0 Å². The zero-order valence-corrected chi connectivity index (χ0v) is 27.2. The molecular weight excluding hydrogens is 597 g/mol. The van der Waals surface area contributed by atoms with Crippen molar-refractivity contribution in [2.24, 2.45) is 0 Å². The van der Waals surface area contributed by atoms with Crippen LogP contribution in [0.15, 0.2) is 126 Å². The zero-order valence-electron chi connectivity index (χ0n) is 27.2. The van der Waals surface area contributed by atoms with Crippen molar-refractivity contribution in [1.82, 2.24) is 9.97 Å². The second-order valence-corrected chi connectivity index (χ2v) is 13.5. The van der Waals surface area contributed by atoms with E-state index in [2.05, 4.69) is 134 Å². The first-order valence-corrected chi connectivity index (χ1v) is 17.5. The number of hydrogen-bond acceptors (Lipinski definition) is 3. The molecule has 0 saturated carbocycles. The van der Waals surface area contributed by atoms with Gasteiger partial charge in [-0.25, -0.2) is 9.97 Å². The van der Waals surface area contributed by atoms with Crippen molar-refractivity contribution in [3.05, 3.63) is 155 Å². The minimum absolute atomic E-state index is 0.773. The average molecular weight is 631 g/mol. The highest BCUT2D eigenvalue weighted by Gasteiger charge is 2.23. The van der Waals surface area contributed by atoms with Crippen LogP contribution in [0.2, 0.25) is 0 Å². The van der Waals surface area contributed by atoms with E-state index in [0.29, 0.717) is 0 Å². The Balaban J connectivity index is 1.13. The first kappa shape index (κ1) is 28.2. The van der Waals surface area contributed by atoms with Gasteiger partial charge in [0.25, 0.3) is 0 Å². The standard InChI is InChI=1S/C46H34N2O/c1-2-12-30(13-3-1)44-38-19-8-9-20-42(38)47-46(48-44)41-28-40-39-27-35(23-24-43(39)49-45(40)37-18-7-6-17-36(37)41)33-16-10-15-32(26-33)34-22-21-29-11-4-5-14-31(29)25-34/h1-2,4-6,8-12,14-17,19-20,23-28H,3,7,13,18,21-22H2. The molecule has 0 spiro atoms. The Kier molecular flexibility index (Phi) is 6.58. The topological polar surface area (TPSA) is 38.9 Å². The van der Waals surface area contributed by atoms with Crippen molar-refractivity contribution in [3.8, 4) is 22.5 Å². The molecule has 7 aromatic rings. The van der Waals surface area contributed by atoms with Crippen molar-refractivity contribution in [3.63, 3.8) is 0 Å². The molecule has 3 nitrogen and oxygen atoms in total. The molecule has 3 heteroatoms. The van der Waals surface area contributed by atoms with E-state index in [9.17, 15) is 0 Å². The number of aromatic nitrogens is 2. The molecule has 5 aromatic carbocycles. The van der Waals surface area contributed by atoms with Gasteiger partial charge in [-0.1, -0.05) is 103 Å². The Hall–Kier alpha value is -5.80. The summed E-state index contributed by atoms with van der Waals surface area (Å²) in [5.74, 6) is 0.773. The molecule has 0 bridgehead atoms. The smallest absolute Gasteiger partial charge is 0.161 e. The van der Waals surface area contributed by atoms with Gasteiger partial charge in [0.2, 0.25) is 0 Å². The molecule has 0 aliphatic heterocycles. The van der Waals surface area contributed by atoms with Gasteiger partial charge in [0.05, 0.1) is 11.2 Å². The Labute approximate surface area is 285 Å². The van der Waals surface area contributed by atoms with E-state index in [0.717, 1.165) is 88.4 Å². The predicted octanol–water partition coefficient (Wildman–Crippen LogP) is 12.0. The van der Waals surface area contributed by atoms with Gasteiger partial charge in [-0.05, 0) is 113 Å². The Bertz CT molecular complexity index is 2610. The van der Waals surface area contributed by atoms with E-state index in [1.54, 1.807) is 0 Å². The third-order valence-corrected chi connectivity index (χ3v) is 10.5. The lowest BCUT2D eigenvalue weighted by atomic mass is 9.87. The normalized spacial score (nSPS) is 15.3. The predicted molar refractivity (Wildman–Crippen MR) is 204 cm³/mol. The van der Waals surface area contributed by atoms with E-state index < -0.39 is 0 Å². The van der Waals surface area contributed by atoms with Gasteiger partial charge in [-0.15, -0.1) is 0 Å². The van der Waals surface area contributed by atoms with Crippen LogP contribution in [0.1, 0.15) is 59.2 Å². The molecule has 3 aliphatic rings. The SMILES string of the molecule is C1=CCCC(c2nc(-c3cc4c(oc5ccc(-c6cccc(C7=Cc8ccccc8CC7)c6)cc54)c4c3C=CCC4)nc3ccccc23)=C1. The molecule has 0 atom stereocenters. The summed E-state index contributed by atoms with van der Waals surface area (Å²) in [7, 11) is 0. The fraction of sp³-hybridized carbons (Fsp3) is 0.130. The lowest BCUT2D eigenvalue weighted by Crippen LogP contribution is -2.03. The van der Waals surface area contributed by atoms with E-state index in [1.807, 2.05) is 0 Å². The maximum Gasteiger partial charge on any atom is 0.161 e. The molecule has 0 unspecified atom stereocenters. The molecule has 3 aliphatic carbocycles. The third kappa shape index (κ3) is 4.80. The van der Waals surface area contributed by atoms with Crippen molar-refractivity contribution < 1.29 is 4.42 Å². The van der Waals surface area contributed by atoms with Crippen LogP contribution in [0.25, 0.3) is 78.7 Å². The highest BCUT2D eigenvalue weighted by Crippen LogP contribution is 2.42. The maximum atomic E-state index is 6.67. The first-order chi connectivity index (χ1) is 24.3. The number of rotatable bonds is 4. The molecule has 0 saturated heterocycles. The van der Waals surface area contributed by atoms with Gasteiger partial charge >= 0.3 is 0 Å². The molecule has 0 N–H and O–H groups in total. The molecule has 0 amide bonds. The third-order valence-electron chi connectivity index (χ3n) is 10.5. The number of nitrogens with zero attached hydrogens (tertiary/aromatic N) is 2. The number of fused-ring (bicyclic) bond motifs is 7. The van der Waals surface area contributed by atoms with E-state index in [-0.39, 0.29) is 0 Å². The highest BCUT2D eigenvalue weighted by molar-refractivity contribution is 6.10. The van der Waals surface area contributed by atoms with Gasteiger partial charge in [-0.3, -0.25) is 0 Å². The fourth-order valence-corrected chi connectivity index (χ4v) is 8.02. The summed E-state index contributed by atoms with van der Waals surface area (Å²) in [6, 6.07) is 35.1. The fourth-order valence-electron chi connectivity index (χ4n) is 8.02. The molecular formula is C46H34N2O. The average Bonchev–Trinajstić information content (AvgIpc) is 3.55. The van der Waals surface area contributed by atoms with Crippen molar-refractivity contribution in [2.75, 3.05) is 0 Å². The Morgan fingerprint density at radius 2 is 1.49 bits per heavy atom. The van der Waals surface area contributed by atoms with Crippen LogP contribution in [-0.4, -0.2) is 9.97 Å². The molecule has 10 rings (SSSR count). The van der Waals surface area contributed by atoms with Crippen molar-refractivity contribution in [1.29, 1.82) is 0 Å². The number of hydrogen-bond donors (Lipinski definition) is 0. The molecule has 2 aromatic heterocycles. The van der Waals surface area contributed by atoms with E-state index in [4.69, 9.17) is 14.4 Å². The number of allylic oxidation sites excluding steroid dienone is 6. The number of furan rings is 1. The van der Waals surface area contributed by atoms with Gasteiger partial charge in [0, 0.05) is 27.3 Å². The second kappa shape index (κ2) is 11.4. The lowest BCUT2D eigenvalue weighted by Gasteiger charge is -2.17. The summed E-state index contributed by atoms with van der Waals surface area (Å²) in [6.45, 7) is 0. The molecule has 234 valence electrons. The van der Waals surface area contributed by atoms with Gasteiger partial charge < -0.3 is 4.42 Å². The van der Waals surface area contributed by atoms with Crippen LogP contribution in [0.4, 0.5) is 0 Å². The first-order valence-electron chi connectivity index (χ1n) is 17.5. The Morgan fingerprint density at radius 3 is 2.45 bits per heavy atom. The van der Waals surface area contributed by atoms with Crippen LogP contribution in [0.5, 0.6) is 0 Å². The van der Waals surface area contributed by atoms with Crippen LogP contribution in [0, 0.1) is 0 Å². The van der Waals surface area contributed by atoms with Gasteiger partial charge in [0.15, 0.2) is 5.82 Å². The maximum absolute atomic E-state index is 6.67. The Morgan fingerprint density at radius 1 is 0.612 bits per heavy atom. The summed E-state index contributed by atoms with van der Waals surface area (Å²) in [5, 5.41) is 3.36. The summed E-state index contributed by atoms with van der Waals surface area (Å²) >= 11 is 0. The lowest BCUT2D eigenvalue weighted by molar-refractivity contribution is 0.661. The van der Waals surface area contributed by atoms with Gasteiger partial charge in [-0.2, -0.15) is 0 Å². The molecule has 0 fully saturated rings. The summed E-state index contributed by atoms with van der Waals surface area (Å²) < 4.78 is 6.67. The van der Waals surface area contributed by atoms with Crippen LogP contribution in [-0.2, 0) is 12.8 Å². The minimum Gasteiger partial charge on any atom is -0.456 e. The summed E-state index contributed by atoms with van der Waals surface area (Å²) in [5.41, 5.74) is 16.5. The number of benzene rings is 5. The molecule has 2 heterocycles. The monoisotopic (exact) mass is 630 g/mol. The second-order valence-electron chi connectivity index (χ2n) is 13.5. The van der Waals surface area contributed by atoms with Crippen LogP contribution < -0.4 is 0 Å². The molecule has 0 radical (unpaired) electrons. The summed E-state index contributed by atoms with van der Waals surface area (Å²) in [6.07, 6.45) is 19.5. The van der Waals surface area contributed by atoms with Crippen LogP contribution in [0.3, 0.4) is 0 Å². The summed E-state index contributed by atoms with van der Waals surface area (Å²) in [4.78, 5) is 10.5. The quantitative estimate of drug-likeness (QED) is 0.194. The van der Waals surface area contributed by atoms with E-state index in [1.165, 1.54) is 50.1 Å². The zero-order chi connectivity index (χ0) is 32.3. The number of aryl methyl sites for hydroxylation is 2. The van der Waals surface area contributed by atoms with Crippen molar-refractivity contribution >= 4 is 56.1 Å². The minimum atomic E-state index is 0.773.